The fourth-order valence-electron chi connectivity index (χ4n) is 3.01. The molecule has 3 rings (SSSR count). The molecule has 0 aromatic heterocycles. The number of anilines is 1. The molecule has 0 saturated carbocycles. The van der Waals surface area contributed by atoms with E-state index in [-0.39, 0.29) is 11.9 Å². The molecule has 0 saturated heterocycles. The summed E-state index contributed by atoms with van der Waals surface area (Å²) >= 11 is 0. The lowest BCUT2D eigenvalue weighted by molar-refractivity contribution is 0.0981. The molecule has 3 heteroatoms. The standard InChI is InChI=1S/C16H18N2O/c1-2-12(9-10-17)18-14-8-4-6-11-5-3-7-13(15(11)14)16(18)19/h3-8,12H,2,9-10,17H2,1H3. The van der Waals surface area contributed by atoms with Gasteiger partial charge in [0.05, 0.1) is 5.69 Å². The normalized spacial score (nSPS) is 15.3. The Balaban J connectivity index is 2.17. The van der Waals surface area contributed by atoms with E-state index in [1.165, 1.54) is 0 Å². The molecule has 2 aromatic rings. The number of nitrogens with two attached hydrogens (primary N) is 1. The zero-order valence-corrected chi connectivity index (χ0v) is 11.1. The third-order valence-electron chi connectivity index (χ3n) is 3.93. The predicted octanol–water partition coefficient (Wildman–Crippen LogP) is 2.93. The lowest BCUT2D eigenvalue weighted by atomic mass is 10.1. The Labute approximate surface area is 113 Å². The van der Waals surface area contributed by atoms with Crippen LogP contribution in [0.15, 0.2) is 36.4 Å². The third kappa shape index (κ3) is 1.73. The van der Waals surface area contributed by atoms with Crippen molar-refractivity contribution in [1.29, 1.82) is 0 Å². The average Bonchev–Trinajstić information content (AvgIpc) is 2.72. The van der Waals surface area contributed by atoms with Crippen LogP contribution in [0.4, 0.5) is 5.69 Å². The van der Waals surface area contributed by atoms with Crippen molar-refractivity contribution >= 4 is 22.4 Å². The van der Waals surface area contributed by atoms with Crippen molar-refractivity contribution in [2.45, 2.75) is 25.8 Å². The van der Waals surface area contributed by atoms with Crippen molar-refractivity contribution in [3.05, 3.63) is 42.0 Å². The third-order valence-corrected chi connectivity index (χ3v) is 3.93. The Morgan fingerprint density at radius 1 is 1.21 bits per heavy atom. The molecule has 98 valence electrons. The van der Waals surface area contributed by atoms with E-state index in [4.69, 9.17) is 5.73 Å². The molecule has 0 spiro atoms. The second-order valence-corrected chi connectivity index (χ2v) is 5.00. The SMILES string of the molecule is CCC(CCN)N1C(=O)c2cccc3cccc1c23. The minimum absolute atomic E-state index is 0.118. The number of hydrogen-bond acceptors (Lipinski definition) is 2. The van der Waals surface area contributed by atoms with Crippen molar-refractivity contribution in [3.63, 3.8) is 0 Å². The Kier molecular flexibility index (Phi) is 2.99. The van der Waals surface area contributed by atoms with Crippen LogP contribution in [-0.4, -0.2) is 18.5 Å². The monoisotopic (exact) mass is 254 g/mol. The molecule has 19 heavy (non-hydrogen) atoms. The lowest BCUT2D eigenvalue weighted by Gasteiger charge is -2.27. The smallest absolute Gasteiger partial charge is 0.259 e. The van der Waals surface area contributed by atoms with Gasteiger partial charge in [0.1, 0.15) is 0 Å². The number of amides is 1. The number of carbonyl (C=O) groups is 1. The molecular weight excluding hydrogens is 236 g/mol. The molecule has 1 atom stereocenters. The minimum Gasteiger partial charge on any atom is -0.330 e. The van der Waals surface area contributed by atoms with Gasteiger partial charge in [-0.1, -0.05) is 31.2 Å². The van der Waals surface area contributed by atoms with E-state index in [1.807, 2.05) is 29.2 Å². The molecule has 2 N–H and O–H groups in total. The quantitative estimate of drug-likeness (QED) is 0.911. The van der Waals surface area contributed by atoms with Crippen molar-refractivity contribution < 1.29 is 4.79 Å². The topological polar surface area (TPSA) is 46.3 Å². The molecular formula is C16H18N2O. The van der Waals surface area contributed by atoms with Crippen LogP contribution in [0.3, 0.4) is 0 Å². The highest BCUT2D eigenvalue weighted by molar-refractivity contribution is 6.25. The van der Waals surface area contributed by atoms with Crippen LogP contribution < -0.4 is 10.6 Å². The highest BCUT2D eigenvalue weighted by atomic mass is 16.2. The van der Waals surface area contributed by atoms with Gasteiger partial charge in [0.2, 0.25) is 0 Å². The van der Waals surface area contributed by atoms with E-state index in [0.717, 1.165) is 34.9 Å². The molecule has 1 aliphatic heterocycles. The summed E-state index contributed by atoms with van der Waals surface area (Å²) in [6.07, 6.45) is 1.76. The largest absolute Gasteiger partial charge is 0.330 e. The van der Waals surface area contributed by atoms with Crippen LogP contribution in [-0.2, 0) is 0 Å². The van der Waals surface area contributed by atoms with Crippen LogP contribution >= 0.6 is 0 Å². The van der Waals surface area contributed by atoms with Gasteiger partial charge in [-0.05, 0) is 36.9 Å². The van der Waals surface area contributed by atoms with Gasteiger partial charge in [0.15, 0.2) is 0 Å². The number of nitrogens with zero attached hydrogens (tertiary/aromatic N) is 1. The highest BCUT2D eigenvalue weighted by Crippen LogP contribution is 2.39. The summed E-state index contributed by atoms with van der Waals surface area (Å²) in [6.45, 7) is 2.71. The van der Waals surface area contributed by atoms with Crippen LogP contribution in [0.1, 0.15) is 30.1 Å². The Hall–Kier alpha value is -1.87. The molecule has 1 amide bonds. The molecule has 3 nitrogen and oxygen atoms in total. The van der Waals surface area contributed by atoms with Crippen LogP contribution in [0.25, 0.3) is 10.8 Å². The van der Waals surface area contributed by atoms with Gasteiger partial charge in [-0.3, -0.25) is 4.79 Å². The van der Waals surface area contributed by atoms with Gasteiger partial charge in [-0.15, -0.1) is 0 Å². The molecule has 0 radical (unpaired) electrons. The van der Waals surface area contributed by atoms with Crippen molar-refractivity contribution in [1.82, 2.24) is 0 Å². The predicted molar refractivity (Wildman–Crippen MR) is 78.5 cm³/mol. The molecule has 1 heterocycles. The summed E-state index contributed by atoms with van der Waals surface area (Å²) in [5.41, 5.74) is 7.55. The average molecular weight is 254 g/mol. The minimum atomic E-state index is 0.118. The van der Waals surface area contributed by atoms with E-state index in [0.29, 0.717) is 6.54 Å². The lowest BCUT2D eigenvalue weighted by Crippen LogP contribution is -2.38. The Morgan fingerprint density at radius 3 is 2.63 bits per heavy atom. The first-order valence-corrected chi connectivity index (χ1v) is 6.83. The molecule has 0 bridgehead atoms. The zero-order chi connectivity index (χ0) is 13.4. The van der Waals surface area contributed by atoms with Crippen LogP contribution in [0, 0.1) is 0 Å². The fourth-order valence-corrected chi connectivity index (χ4v) is 3.01. The first-order valence-electron chi connectivity index (χ1n) is 6.83. The fraction of sp³-hybridized carbons (Fsp3) is 0.312. The Morgan fingerprint density at radius 2 is 1.95 bits per heavy atom. The number of rotatable bonds is 4. The van der Waals surface area contributed by atoms with Gasteiger partial charge in [-0.2, -0.15) is 0 Å². The second kappa shape index (κ2) is 4.67. The van der Waals surface area contributed by atoms with E-state index in [1.54, 1.807) is 0 Å². The summed E-state index contributed by atoms with van der Waals surface area (Å²) in [5, 5.41) is 2.22. The van der Waals surface area contributed by atoms with E-state index >= 15 is 0 Å². The zero-order valence-electron chi connectivity index (χ0n) is 11.1. The van der Waals surface area contributed by atoms with Gasteiger partial charge in [-0.25, -0.2) is 0 Å². The molecule has 0 fully saturated rings. The van der Waals surface area contributed by atoms with Gasteiger partial charge in [0.25, 0.3) is 5.91 Å². The van der Waals surface area contributed by atoms with E-state index in [2.05, 4.69) is 19.1 Å². The molecule has 1 aliphatic rings. The van der Waals surface area contributed by atoms with Gasteiger partial charge in [0, 0.05) is 17.0 Å². The van der Waals surface area contributed by atoms with Crippen LogP contribution in [0.5, 0.6) is 0 Å². The van der Waals surface area contributed by atoms with Crippen molar-refractivity contribution in [2.24, 2.45) is 5.73 Å². The number of hydrogen-bond donors (Lipinski definition) is 1. The first-order chi connectivity index (χ1) is 9.27. The number of carbonyl (C=O) groups excluding carboxylic acids is 1. The maximum Gasteiger partial charge on any atom is 0.259 e. The summed E-state index contributed by atoms with van der Waals surface area (Å²) in [6, 6.07) is 12.2. The van der Waals surface area contributed by atoms with Crippen molar-refractivity contribution in [2.75, 3.05) is 11.4 Å². The van der Waals surface area contributed by atoms with E-state index < -0.39 is 0 Å². The number of benzene rings is 2. The first kappa shape index (κ1) is 12.2. The molecule has 1 unspecified atom stereocenters. The maximum atomic E-state index is 12.6. The summed E-state index contributed by atoms with van der Waals surface area (Å²) in [4.78, 5) is 14.6. The summed E-state index contributed by atoms with van der Waals surface area (Å²) < 4.78 is 0. The van der Waals surface area contributed by atoms with Crippen molar-refractivity contribution in [3.8, 4) is 0 Å². The second-order valence-electron chi connectivity index (χ2n) is 5.00. The van der Waals surface area contributed by atoms with Gasteiger partial charge < -0.3 is 10.6 Å². The highest BCUT2D eigenvalue weighted by Gasteiger charge is 2.33. The molecule has 0 aliphatic carbocycles. The maximum absolute atomic E-state index is 12.6. The van der Waals surface area contributed by atoms with Gasteiger partial charge >= 0.3 is 0 Å². The molecule has 2 aromatic carbocycles. The summed E-state index contributed by atoms with van der Waals surface area (Å²) in [5.74, 6) is 0.118. The van der Waals surface area contributed by atoms with Crippen LogP contribution in [0.2, 0.25) is 0 Å². The summed E-state index contributed by atoms with van der Waals surface area (Å²) in [7, 11) is 0. The van der Waals surface area contributed by atoms with E-state index in [9.17, 15) is 4.79 Å². The Bertz CT molecular complexity index is 630.